The van der Waals surface area contributed by atoms with Crippen LogP contribution in [0.3, 0.4) is 0 Å². The molecule has 0 atom stereocenters. The van der Waals surface area contributed by atoms with E-state index >= 15 is 0 Å². The first kappa shape index (κ1) is 21.6. The summed E-state index contributed by atoms with van der Waals surface area (Å²) in [5, 5.41) is 2.64. The van der Waals surface area contributed by atoms with Crippen molar-refractivity contribution in [1.29, 1.82) is 0 Å². The Labute approximate surface area is 168 Å². The summed E-state index contributed by atoms with van der Waals surface area (Å²) in [7, 11) is 0. The summed E-state index contributed by atoms with van der Waals surface area (Å²) in [5.41, 5.74) is -1.65. The number of dihydropyridines is 1. The smallest absolute Gasteiger partial charge is 0.343 e. The third kappa shape index (κ3) is 4.90. The largest absolute Gasteiger partial charge is 0.418 e. The van der Waals surface area contributed by atoms with Crippen molar-refractivity contribution >= 4 is 23.0 Å². The highest BCUT2D eigenvalue weighted by Crippen LogP contribution is 2.37. The summed E-state index contributed by atoms with van der Waals surface area (Å²) in [5.74, 6) is 0.194. The van der Waals surface area contributed by atoms with Crippen LogP contribution in [0.2, 0.25) is 0 Å². The number of aliphatic imine (C=N–C) groups is 2. The zero-order valence-electron chi connectivity index (χ0n) is 15.8. The highest BCUT2D eigenvalue weighted by molar-refractivity contribution is 6.13. The van der Waals surface area contributed by atoms with E-state index in [0.717, 1.165) is 12.1 Å². The zero-order valence-corrected chi connectivity index (χ0v) is 15.8. The van der Waals surface area contributed by atoms with Gasteiger partial charge < -0.3 is 5.32 Å². The van der Waals surface area contributed by atoms with Gasteiger partial charge in [0.25, 0.3) is 0 Å². The van der Waals surface area contributed by atoms with Crippen molar-refractivity contribution in [3.05, 3.63) is 71.3 Å². The molecule has 3 nitrogen and oxygen atoms in total. The highest BCUT2D eigenvalue weighted by atomic mass is 19.4. The fourth-order valence-corrected chi connectivity index (χ4v) is 2.95. The summed E-state index contributed by atoms with van der Waals surface area (Å²) in [4.78, 5) is 8.30. The maximum absolute atomic E-state index is 13.3. The second kappa shape index (κ2) is 8.33. The molecule has 0 bridgehead atoms. The van der Waals surface area contributed by atoms with E-state index in [0.29, 0.717) is 12.0 Å². The minimum atomic E-state index is -4.60. The molecule has 0 amide bonds. The lowest BCUT2D eigenvalue weighted by molar-refractivity contribution is -0.137. The van der Waals surface area contributed by atoms with E-state index in [1.54, 1.807) is 13.0 Å². The van der Waals surface area contributed by atoms with Crippen molar-refractivity contribution in [2.75, 3.05) is 5.32 Å². The Morgan fingerprint density at radius 1 is 0.900 bits per heavy atom. The fraction of sp³-hybridized carbons (Fsp3) is 0.238. The number of amidine groups is 2. The molecule has 1 aliphatic heterocycles. The fourth-order valence-electron chi connectivity index (χ4n) is 2.95. The lowest BCUT2D eigenvalue weighted by Crippen LogP contribution is -2.21. The molecular formula is C21H17F6N3. The molecule has 1 aliphatic rings. The van der Waals surface area contributed by atoms with Crippen LogP contribution in [0.15, 0.2) is 70.2 Å². The Hall–Kier alpha value is -3.10. The lowest BCUT2D eigenvalue weighted by atomic mass is 10.1. The van der Waals surface area contributed by atoms with Crippen molar-refractivity contribution in [3.8, 4) is 0 Å². The average molecular weight is 425 g/mol. The van der Waals surface area contributed by atoms with E-state index in [1.165, 1.54) is 36.4 Å². The molecule has 1 N–H and O–H groups in total. The molecule has 2 aromatic rings. The van der Waals surface area contributed by atoms with Crippen molar-refractivity contribution in [1.82, 2.24) is 0 Å². The number of nitrogens with zero attached hydrogens (tertiary/aromatic N) is 2. The van der Waals surface area contributed by atoms with Gasteiger partial charge in [0.15, 0.2) is 5.84 Å². The average Bonchev–Trinajstić information content (AvgIpc) is 2.67. The molecule has 1 heterocycles. The van der Waals surface area contributed by atoms with E-state index in [1.807, 2.05) is 0 Å². The number of hydrogen-bond donors (Lipinski definition) is 1. The molecule has 9 heteroatoms. The first-order valence-corrected chi connectivity index (χ1v) is 9.04. The summed E-state index contributed by atoms with van der Waals surface area (Å²) in [6, 6.07) is 9.74. The predicted molar refractivity (Wildman–Crippen MR) is 104 cm³/mol. The highest BCUT2D eigenvalue weighted by Gasteiger charge is 2.34. The van der Waals surface area contributed by atoms with Crippen LogP contribution in [0, 0.1) is 0 Å². The van der Waals surface area contributed by atoms with E-state index < -0.39 is 23.5 Å². The van der Waals surface area contributed by atoms with Gasteiger partial charge in [-0.05, 0) is 36.3 Å². The minimum absolute atomic E-state index is 0.0347. The van der Waals surface area contributed by atoms with Crippen molar-refractivity contribution in [3.63, 3.8) is 0 Å². The van der Waals surface area contributed by atoms with Crippen LogP contribution in [0.25, 0.3) is 0 Å². The third-order valence-electron chi connectivity index (χ3n) is 4.40. The number of anilines is 1. The Balaban J connectivity index is 2.00. The van der Waals surface area contributed by atoms with Crippen LogP contribution >= 0.6 is 0 Å². The number of halogens is 6. The van der Waals surface area contributed by atoms with Crippen LogP contribution in [-0.2, 0) is 12.4 Å². The maximum atomic E-state index is 13.3. The van der Waals surface area contributed by atoms with Gasteiger partial charge in [-0.1, -0.05) is 37.3 Å². The van der Waals surface area contributed by atoms with Crippen LogP contribution in [0.1, 0.15) is 30.9 Å². The second-order valence-electron chi connectivity index (χ2n) is 6.46. The number of nitrogens with one attached hydrogen (secondary N) is 1. The second-order valence-corrected chi connectivity index (χ2v) is 6.46. The molecule has 3 rings (SSSR count). The lowest BCUT2D eigenvalue weighted by Gasteiger charge is -2.19. The molecule has 0 aliphatic carbocycles. The standard InChI is InChI=1S/C21H17F6N3/c1-2-13-11-12-18(28-16-9-5-3-7-14(16)20(22,23)24)30-19(13)29-17-10-6-4-8-15(17)21(25,26)27/h3-11H,2,12H2,1H3,(H,28,29,30). The van der Waals surface area contributed by atoms with Crippen molar-refractivity contribution in [2.45, 2.75) is 32.1 Å². The Kier molecular flexibility index (Phi) is 6.00. The predicted octanol–water partition coefficient (Wildman–Crippen LogP) is 7.00. The molecule has 0 fully saturated rings. The van der Waals surface area contributed by atoms with Crippen molar-refractivity contribution in [2.24, 2.45) is 9.98 Å². The molecule has 0 unspecified atom stereocenters. The number of hydrogen-bond acceptors (Lipinski definition) is 2. The molecule has 30 heavy (non-hydrogen) atoms. The molecule has 0 saturated heterocycles. The van der Waals surface area contributed by atoms with Crippen LogP contribution < -0.4 is 5.32 Å². The van der Waals surface area contributed by atoms with E-state index in [-0.39, 0.29) is 29.5 Å². The molecule has 158 valence electrons. The zero-order chi connectivity index (χ0) is 21.9. The summed E-state index contributed by atoms with van der Waals surface area (Å²) < 4.78 is 79.4. The number of rotatable bonds is 3. The Morgan fingerprint density at radius 3 is 2.13 bits per heavy atom. The molecule has 0 spiro atoms. The first-order valence-electron chi connectivity index (χ1n) is 9.04. The van der Waals surface area contributed by atoms with Gasteiger partial charge >= 0.3 is 12.4 Å². The quantitative estimate of drug-likeness (QED) is 0.528. The maximum Gasteiger partial charge on any atom is 0.418 e. The number of para-hydroxylation sites is 2. The molecule has 0 aromatic heterocycles. The minimum Gasteiger partial charge on any atom is -0.343 e. The van der Waals surface area contributed by atoms with Gasteiger partial charge in [-0.2, -0.15) is 26.3 Å². The molecule has 2 aromatic carbocycles. The SMILES string of the molecule is CCC1=CCC(Nc2ccccc2C(F)(F)F)=NC1=Nc1ccccc1C(F)(F)F. The van der Waals surface area contributed by atoms with Gasteiger partial charge in [-0.3, -0.25) is 0 Å². The van der Waals surface area contributed by atoms with Gasteiger partial charge in [0.05, 0.1) is 22.5 Å². The number of alkyl halides is 6. The Bertz CT molecular complexity index is 1020. The Morgan fingerprint density at radius 2 is 1.50 bits per heavy atom. The van der Waals surface area contributed by atoms with Gasteiger partial charge in [0.2, 0.25) is 0 Å². The first-order chi connectivity index (χ1) is 14.1. The normalized spacial score (nSPS) is 16.3. The van der Waals surface area contributed by atoms with Crippen LogP contribution in [0.5, 0.6) is 0 Å². The van der Waals surface area contributed by atoms with Gasteiger partial charge in [-0.15, -0.1) is 0 Å². The summed E-state index contributed by atoms with van der Waals surface area (Å²) in [6.45, 7) is 1.80. The van der Waals surface area contributed by atoms with Crippen molar-refractivity contribution < 1.29 is 26.3 Å². The van der Waals surface area contributed by atoms with Crippen LogP contribution in [-0.4, -0.2) is 11.7 Å². The summed E-state index contributed by atoms with van der Waals surface area (Å²) >= 11 is 0. The molecular weight excluding hydrogens is 408 g/mol. The monoisotopic (exact) mass is 425 g/mol. The number of benzene rings is 2. The van der Waals surface area contributed by atoms with E-state index in [4.69, 9.17) is 0 Å². The van der Waals surface area contributed by atoms with Gasteiger partial charge in [0, 0.05) is 6.42 Å². The summed E-state index contributed by atoms with van der Waals surface area (Å²) in [6.07, 6.45) is -6.80. The van der Waals surface area contributed by atoms with Gasteiger partial charge in [-0.25, -0.2) is 9.98 Å². The molecule has 0 radical (unpaired) electrons. The van der Waals surface area contributed by atoms with Crippen LogP contribution in [0.4, 0.5) is 37.7 Å². The third-order valence-corrected chi connectivity index (χ3v) is 4.40. The van der Waals surface area contributed by atoms with E-state index in [2.05, 4.69) is 15.3 Å². The van der Waals surface area contributed by atoms with Gasteiger partial charge in [0.1, 0.15) is 5.84 Å². The van der Waals surface area contributed by atoms with E-state index in [9.17, 15) is 26.3 Å². The molecule has 0 saturated carbocycles. The topological polar surface area (TPSA) is 36.8 Å².